The molecule has 2 aliphatic heterocycles. The Balaban J connectivity index is 2.50. The molecule has 1 unspecified atom stereocenters. The van der Waals surface area contributed by atoms with Gasteiger partial charge in [0.1, 0.15) is 18.1 Å². The van der Waals surface area contributed by atoms with Gasteiger partial charge in [-0.3, -0.25) is 34.1 Å². The minimum Gasteiger partial charge on any atom is -0.454 e. The van der Waals surface area contributed by atoms with Crippen LogP contribution in [-0.4, -0.2) is 102 Å². The molecule has 0 aromatic rings. The van der Waals surface area contributed by atoms with E-state index in [2.05, 4.69) is 16.0 Å². The normalized spacial score (nSPS) is 31.7. The largest absolute Gasteiger partial charge is 0.454 e. The molecule has 2 rings (SSSR count). The number of cyclic esters (lactones) is 1. The van der Waals surface area contributed by atoms with Crippen LogP contribution >= 0.6 is 0 Å². The highest BCUT2D eigenvalue weighted by atomic mass is 16.5. The van der Waals surface area contributed by atoms with Gasteiger partial charge in [-0.1, -0.05) is 54.9 Å². The van der Waals surface area contributed by atoms with E-state index in [1.807, 2.05) is 48.5 Å². The van der Waals surface area contributed by atoms with Crippen molar-refractivity contribution in [2.75, 3.05) is 20.6 Å². The number of nitrogens with one attached hydrogen (secondary N) is 3. The summed E-state index contributed by atoms with van der Waals surface area (Å²) in [5.41, 5.74) is 0. The van der Waals surface area contributed by atoms with Gasteiger partial charge in [0.15, 0.2) is 11.9 Å². The number of nitrogens with zero attached hydrogens (tertiary/aromatic N) is 2. The van der Waals surface area contributed by atoms with E-state index < -0.39 is 65.9 Å². The van der Waals surface area contributed by atoms with Gasteiger partial charge >= 0.3 is 5.97 Å². The van der Waals surface area contributed by atoms with E-state index in [-0.39, 0.29) is 42.4 Å². The fraction of sp³-hybridized carbons (Fsp3) is 0.806. The lowest BCUT2D eigenvalue weighted by Gasteiger charge is -2.38. The maximum absolute atomic E-state index is 13.9. The Morgan fingerprint density at radius 2 is 1.53 bits per heavy atom. The molecular weight excluding hydrogens is 554 g/mol. The first-order valence-corrected chi connectivity index (χ1v) is 15.6. The number of likely N-dealkylation sites (N-methyl/N-ethyl adjacent to an activating group) is 2. The van der Waals surface area contributed by atoms with Gasteiger partial charge in [0.25, 0.3) is 0 Å². The molecule has 0 saturated carbocycles. The number of fused-ring (bicyclic) bond motifs is 2. The predicted octanol–water partition coefficient (Wildman–Crippen LogP) is 1.26. The van der Waals surface area contributed by atoms with Crippen LogP contribution in [0.5, 0.6) is 0 Å². The van der Waals surface area contributed by atoms with Crippen molar-refractivity contribution >= 4 is 35.4 Å². The highest BCUT2D eigenvalue weighted by Gasteiger charge is 2.44. The van der Waals surface area contributed by atoms with Crippen molar-refractivity contribution in [3.8, 4) is 0 Å². The van der Waals surface area contributed by atoms with Gasteiger partial charge < -0.3 is 25.2 Å². The second kappa shape index (κ2) is 15.6. The second-order valence-corrected chi connectivity index (χ2v) is 13.1. The zero-order valence-corrected chi connectivity index (χ0v) is 27.6. The van der Waals surface area contributed by atoms with Gasteiger partial charge in [0, 0.05) is 20.6 Å². The van der Waals surface area contributed by atoms with Crippen molar-refractivity contribution in [1.29, 1.82) is 0 Å². The number of hydrogen-bond acceptors (Lipinski definition) is 8. The zero-order chi connectivity index (χ0) is 32.8. The minimum atomic E-state index is -1.00. The summed E-state index contributed by atoms with van der Waals surface area (Å²) in [6.45, 7) is 14.7. The Hall–Kier alpha value is -3.02. The molecule has 0 radical (unpaired) electrons. The van der Waals surface area contributed by atoms with E-state index in [0.29, 0.717) is 19.3 Å². The number of amides is 4. The monoisotopic (exact) mass is 607 g/mol. The Morgan fingerprint density at radius 1 is 0.907 bits per heavy atom. The Bertz CT molecular complexity index is 1050. The number of rotatable bonds is 5. The molecule has 43 heavy (non-hydrogen) atoms. The summed E-state index contributed by atoms with van der Waals surface area (Å²) in [5, 5.41) is 8.73. The quantitative estimate of drug-likeness (QED) is 0.395. The number of hydrogen-bond donors (Lipinski definition) is 3. The van der Waals surface area contributed by atoms with Gasteiger partial charge in [0.2, 0.25) is 23.6 Å². The summed E-state index contributed by atoms with van der Waals surface area (Å²) in [6.07, 6.45) is 0.131. The number of esters is 1. The standard InChI is InChI=1S/C31H53N5O7/c1-11-18(6)25-30(41)36(10)26(17(4)5)31(42)35(9)20(8)28(39)32-13-12-23(37)43-22(14-16(2)3)27(38)21-15-19(7)24(33-21)29(40)34-25/h16-22,24-26,33H,11-15H2,1-10H3,(H,32,39)(H,34,40)/t18-,19-,20-,21?,22+,24-,25-,26-/m0/s1. The third-order valence-electron chi connectivity index (χ3n) is 8.82. The van der Waals surface area contributed by atoms with Crippen molar-refractivity contribution in [2.45, 2.75) is 117 Å². The number of carbonyl (C=O) groups is 6. The summed E-state index contributed by atoms with van der Waals surface area (Å²) >= 11 is 0. The molecule has 2 heterocycles. The molecule has 12 heteroatoms. The molecule has 2 bridgehead atoms. The SMILES string of the molecule is CC[C@H](C)[C@@H]1NC(=O)[C@H]2NC(C[C@@H]2C)C(=O)[C@@H](CC(C)C)OC(=O)CCNC(=O)[C@H](C)N(C)C(=O)[C@H](C(C)C)N(C)C1=O. The fourth-order valence-electron chi connectivity index (χ4n) is 5.77. The van der Waals surface area contributed by atoms with E-state index in [1.54, 1.807) is 14.0 Å². The van der Waals surface area contributed by atoms with E-state index in [1.165, 1.54) is 16.8 Å². The average Bonchev–Trinajstić information content (AvgIpc) is 3.33. The lowest BCUT2D eigenvalue weighted by Crippen LogP contribution is -2.61. The summed E-state index contributed by atoms with van der Waals surface area (Å²) in [6, 6.07) is -4.12. The molecule has 0 aromatic carbocycles. The fourth-order valence-corrected chi connectivity index (χ4v) is 5.77. The van der Waals surface area contributed by atoms with E-state index >= 15 is 0 Å². The van der Waals surface area contributed by atoms with Gasteiger partial charge in [-0.2, -0.15) is 0 Å². The maximum atomic E-state index is 13.9. The summed E-state index contributed by atoms with van der Waals surface area (Å²) in [7, 11) is 3.04. The van der Waals surface area contributed by atoms with Crippen LogP contribution in [0.1, 0.15) is 81.1 Å². The van der Waals surface area contributed by atoms with Crippen LogP contribution in [0.2, 0.25) is 0 Å². The molecule has 2 fully saturated rings. The van der Waals surface area contributed by atoms with Crippen LogP contribution in [0.25, 0.3) is 0 Å². The van der Waals surface area contributed by atoms with Crippen LogP contribution in [0.4, 0.5) is 0 Å². The van der Waals surface area contributed by atoms with Crippen LogP contribution in [0, 0.1) is 23.7 Å². The Morgan fingerprint density at radius 3 is 2.09 bits per heavy atom. The summed E-state index contributed by atoms with van der Waals surface area (Å²) in [4.78, 5) is 83.1. The molecule has 0 spiro atoms. The van der Waals surface area contributed by atoms with Crippen molar-refractivity contribution in [2.24, 2.45) is 23.7 Å². The number of Topliss-reactive ketones (excluding diaryl/α,β-unsaturated/α-hetero) is 1. The molecule has 244 valence electrons. The highest BCUT2D eigenvalue weighted by Crippen LogP contribution is 2.25. The molecule has 2 saturated heterocycles. The summed E-state index contributed by atoms with van der Waals surface area (Å²) < 4.78 is 5.60. The third kappa shape index (κ3) is 9.00. The Labute approximate surface area is 256 Å². The van der Waals surface area contributed by atoms with Gasteiger partial charge in [-0.25, -0.2) is 0 Å². The molecule has 3 N–H and O–H groups in total. The molecule has 4 amide bonds. The maximum Gasteiger partial charge on any atom is 0.308 e. The number of ether oxygens (including phenoxy) is 1. The van der Waals surface area contributed by atoms with Crippen molar-refractivity contribution in [3.63, 3.8) is 0 Å². The van der Waals surface area contributed by atoms with Crippen LogP contribution in [0.3, 0.4) is 0 Å². The van der Waals surface area contributed by atoms with Crippen LogP contribution in [-0.2, 0) is 33.5 Å². The third-order valence-corrected chi connectivity index (χ3v) is 8.82. The lowest BCUT2D eigenvalue weighted by molar-refractivity contribution is -0.156. The van der Waals surface area contributed by atoms with E-state index in [9.17, 15) is 28.8 Å². The molecule has 0 aromatic heterocycles. The highest BCUT2D eigenvalue weighted by molar-refractivity contribution is 5.96. The molecule has 0 aliphatic carbocycles. The molecule has 12 nitrogen and oxygen atoms in total. The van der Waals surface area contributed by atoms with Crippen molar-refractivity contribution in [1.82, 2.24) is 25.8 Å². The summed E-state index contributed by atoms with van der Waals surface area (Å²) in [5.74, 6) is -3.31. The number of carbonyl (C=O) groups excluding carboxylic acids is 6. The van der Waals surface area contributed by atoms with Crippen LogP contribution in [0.15, 0.2) is 0 Å². The Kier molecular flexibility index (Phi) is 13.1. The minimum absolute atomic E-state index is 0.0316. The topological polar surface area (TPSA) is 154 Å². The van der Waals surface area contributed by atoms with Crippen molar-refractivity contribution in [3.05, 3.63) is 0 Å². The van der Waals surface area contributed by atoms with E-state index in [0.717, 1.165) is 0 Å². The molecular formula is C31H53N5O7. The van der Waals surface area contributed by atoms with Gasteiger partial charge in [-0.15, -0.1) is 0 Å². The van der Waals surface area contributed by atoms with Gasteiger partial charge in [-0.05, 0) is 43.4 Å². The second-order valence-electron chi connectivity index (χ2n) is 13.1. The van der Waals surface area contributed by atoms with Crippen LogP contribution < -0.4 is 16.0 Å². The average molecular weight is 608 g/mol. The smallest absolute Gasteiger partial charge is 0.308 e. The number of ketones is 1. The van der Waals surface area contributed by atoms with Crippen molar-refractivity contribution < 1.29 is 33.5 Å². The van der Waals surface area contributed by atoms with E-state index in [4.69, 9.17) is 4.74 Å². The molecule has 2 aliphatic rings. The first-order chi connectivity index (χ1) is 20.0. The molecule has 8 atom stereocenters. The predicted molar refractivity (Wildman–Crippen MR) is 161 cm³/mol. The zero-order valence-electron chi connectivity index (χ0n) is 27.6. The first-order valence-electron chi connectivity index (χ1n) is 15.6. The van der Waals surface area contributed by atoms with Gasteiger partial charge in [0.05, 0.1) is 18.5 Å². The lowest BCUT2D eigenvalue weighted by atomic mass is 9.93. The first kappa shape index (κ1) is 36.2.